The topological polar surface area (TPSA) is 67.9 Å². The maximum atomic E-state index is 12.5. The number of likely N-dealkylation sites (tertiary alicyclic amines) is 1. The highest BCUT2D eigenvalue weighted by atomic mass is 16.5. The molecule has 0 bridgehead atoms. The lowest BCUT2D eigenvalue weighted by Gasteiger charge is -2.20. The molecule has 28 heavy (non-hydrogen) atoms. The van der Waals surface area contributed by atoms with Crippen molar-refractivity contribution in [1.82, 2.24) is 10.2 Å². The number of para-hydroxylation sites is 1. The van der Waals surface area contributed by atoms with E-state index in [1.165, 1.54) is 12.8 Å². The highest BCUT2D eigenvalue weighted by molar-refractivity contribution is 5.97. The van der Waals surface area contributed by atoms with Crippen LogP contribution in [0, 0.1) is 0 Å². The zero-order valence-corrected chi connectivity index (χ0v) is 17.1. The van der Waals surface area contributed by atoms with Crippen LogP contribution in [0.25, 0.3) is 0 Å². The molecule has 0 atom stereocenters. The number of hydrogen-bond acceptors (Lipinski definition) is 4. The van der Waals surface area contributed by atoms with E-state index in [1.807, 2.05) is 11.0 Å². The molecular formula is C22H34N2O4. The fraction of sp³-hybridized carbons (Fsp3) is 0.636. The molecule has 0 spiro atoms. The number of hydrogen-bond donors (Lipinski definition) is 1. The first-order valence-corrected chi connectivity index (χ1v) is 10.6. The maximum absolute atomic E-state index is 12.5. The van der Waals surface area contributed by atoms with Gasteiger partial charge in [0.15, 0.2) is 6.61 Å². The number of unbranched alkanes of at least 4 members (excludes halogenated alkanes) is 1. The monoisotopic (exact) mass is 390 g/mol. The molecule has 1 N–H and O–H groups in total. The zero-order chi connectivity index (χ0) is 20.0. The molecule has 1 heterocycles. The molecule has 6 heteroatoms. The lowest BCUT2D eigenvalue weighted by atomic mass is 10.2. The Balaban J connectivity index is 1.77. The van der Waals surface area contributed by atoms with Crippen LogP contribution in [0.5, 0.6) is 5.75 Å². The molecule has 1 aliphatic rings. The number of amides is 2. The number of carbonyl (C=O) groups is 2. The summed E-state index contributed by atoms with van der Waals surface area (Å²) in [4.78, 5) is 26.7. The van der Waals surface area contributed by atoms with E-state index in [0.717, 1.165) is 51.8 Å². The molecule has 0 unspecified atom stereocenters. The van der Waals surface area contributed by atoms with Gasteiger partial charge in [0.2, 0.25) is 0 Å². The molecular weight excluding hydrogens is 356 g/mol. The summed E-state index contributed by atoms with van der Waals surface area (Å²) in [5.41, 5.74) is 0.457. The molecule has 1 aromatic carbocycles. The fourth-order valence-electron chi connectivity index (χ4n) is 3.15. The van der Waals surface area contributed by atoms with Gasteiger partial charge in [0.25, 0.3) is 11.8 Å². The van der Waals surface area contributed by atoms with Crippen LogP contribution in [0.1, 0.15) is 62.2 Å². The summed E-state index contributed by atoms with van der Waals surface area (Å²) in [7, 11) is 0. The summed E-state index contributed by atoms with van der Waals surface area (Å²) in [5.74, 6) is 0.245. The Kier molecular flexibility index (Phi) is 10.4. The van der Waals surface area contributed by atoms with E-state index in [-0.39, 0.29) is 18.4 Å². The number of nitrogens with one attached hydrogen (secondary N) is 1. The normalized spacial score (nSPS) is 14.4. The van der Waals surface area contributed by atoms with Crippen molar-refractivity contribution in [2.45, 2.75) is 51.9 Å². The molecule has 1 fully saturated rings. The van der Waals surface area contributed by atoms with Crippen LogP contribution in [0.15, 0.2) is 24.3 Å². The maximum Gasteiger partial charge on any atom is 0.260 e. The molecule has 2 rings (SSSR count). The van der Waals surface area contributed by atoms with Crippen LogP contribution < -0.4 is 10.1 Å². The standard InChI is InChI=1S/C22H34N2O4/c1-2-3-16-27-17-10-13-23-22(26)19-11-6-7-12-20(19)28-18-21(25)24-14-8-4-5-9-15-24/h6-7,11-12H,2-5,8-10,13-18H2,1H3,(H,23,26). The number of nitrogens with zero attached hydrogens (tertiary/aromatic N) is 1. The molecule has 6 nitrogen and oxygen atoms in total. The number of ether oxygens (including phenoxy) is 2. The van der Waals surface area contributed by atoms with Crippen molar-refractivity contribution in [1.29, 1.82) is 0 Å². The molecule has 0 aromatic heterocycles. The molecule has 0 saturated carbocycles. The van der Waals surface area contributed by atoms with E-state index in [1.54, 1.807) is 18.2 Å². The Hall–Kier alpha value is -2.08. The third-order valence-corrected chi connectivity index (χ3v) is 4.83. The van der Waals surface area contributed by atoms with E-state index in [2.05, 4.69) is 12.2 Å². The minimum atomic E-state index is -0.189. The molecule has 1 aromatic rings. The highest BCUT2D eigenvalue weighted by Crippen LogP contribution is 2.18. The first-order valence-electron chi connectivity index (χ1n) is 10.6. The second kappa shape index (κ2) is 13.2. The van der Waals surface area contributed by atoms with Crippen molar-refractivity contribution in [3.05, 3.63) is 29.8 Å². The third kappa shape index (κ3) is 7.89. The van der Waals surface area contributed by atoms with E-state index in [9.17, 15) is 9.59 Å². The predicted octanol–water partition coefficient (Wildman–Crippen LogP) is 3.40. The molecule has 156 valence electrons. The summed E-state index contributed by atoms with van der Waals surface area (Å²) in [5, 5.41) is 2.90. The Morgan fingerprint density at radius 1 is 1.04 bits per heavy atom. The average Bonchev–Trinajstić information content (AvgIpc) is 3.01. The van der Waals surface area contributed by atoms with Crippen molar-refractivity contribution >= 4 is 11.8 Å². The van der Waals surface area contributed by atoms with E-state index >= 15 is 0 Å². The lowest BCUT2D eigenvalue weighted by molar-refractivity contribution is -0.133. The lowest BCUT2D eigenvalue weighted by Crippen LogP contribution is -2.35. The van der Waals surface area contributed by atoms with Crippen LogP contribution in [0.2, 0.25) is 0 Å². The Bertz CT molecular complexity index is 598. The Morgan fingerprint density at radius 3 is 2.50 bits per heavy atom. The average molecular weight is 391 g/mol. The molecule has 1 saturated heterocycles. The van der Waals surface area contributed by atoms with Gasteiger partial charge in [-0.25, -0.2) is 0 Å². The smallest absolute Gasteiger partial charge is 0.260 e. The molecule has 0 radical (unpaired) electrons. The molecule has 0 aliphatic carbocycles. The van der Waals surface area contributed by atoms with Crippen LogP contribution in [-0.2, 0) is 9.53 Å². The van der Waals surface area contributed by atoms with Crippen molar-refractivity contribution in [2.24, 2.45) is 0 Å². The van der Waals surface area contributed by atoms with Crippen LogP contribution >= 0.6 is 0 Å². The summed E-state index contributed by atoms with van der Waals surface area (Å²) in [6, 6.07) is 7.06. The van der Waals surface area contributed by atoms with Crippen molar-refractivity contribution < 1.29 is 19.1 Å². The van der Waals surface area contributed by atoms with Gasteiger partial charge in [-0.2, -0.15) is 0 Å². The van der Waals surface area contributed by atoms with Gasteiger partial charge in [-0.05, 0) is 37.8 Å². The number of benzene rings is 1. The van der Waals surface area contributed by atoms with Gasteiger partial charge in [0, 0.05) is 32.8 Å². The fourth-order valence-corrected chi connectivity index (χ4v) is 3.15. The number of carbonyl (C=O) groups excluding carboxylic acids is 2. The molecule has 2 amide bonds. The van der Waals surface area contributed by atoms with Gasteiger partial charge >= 0.3 is 0 Å². The first kappa shape index (κ1) is 22.2. The van der Waals surface area contributed by atoms with Gasteiger partial charge in [-0.3, -0.25) is 9.59 Å². The third-order valence-electron chi connectivity index (χ3n) is 4.83. The van der Waals surface area contributed by atoms with Crippen molar-refractivity contribution in [3.63, 3.8) is 0 Å². The minimum Gasteiger partial charge on any atom is -0.483 e. The largest absolute Gasteiger partial charge is 0.483 e. The van der Waals surface area contributed by atoms with Crippen LogP contribution in [0.4, 0.5) is 0 Å². The SMILES string of the molecule is CCCCOCCCNC(=O)c1ccccc1OCC(=O)N1CCCCCC1. The van der Waals surface area contributed by atoms with Crippen molar-refractivity contribution in [2.75, 3.05) is 39.5 Å². The Labute approximate surface area is 168 Å². The summed E-state index contributed by atoms with van der Waals surface area (Å²) >= 11 is 0. The van der Waals surface area contributed by atoms with E-state index in [0.29, 0.717) is 24.5 Å². The zero-order valence-electron chi connectivity index (χ0n) is 17.1. The highest BCUT2D eigenvalue weighted by Gasteiger charge is 2.18. The van der Waals surface area contributed by atoms with Gasteiger partial charge in [0.1, 0.15) is 5.75 Å². The second-order valence-corrected chi connectivity index (χ2v) is 7.16. The summed E-state index contributed by atoms with van der Waals surface area (Å²) in [6.45, 7) is 5.65. The second-order valence-electron chi connectivity index (χ2n) is 7.16. The minimum absolute atomic E-state index is 0.0126. The van der Waals surface area contributed by atoms with E-state index < -0.39 is 0 Å². The van der Waals surface area contributed by atoms with Gasteiger partial charge in [-0.1, -0.05) is 38.3 Å². The summed E-state index contributed by atoms with van der Waals surface area (Å²) < 4.78 is 11.2. The Morgan fingerprint density at radius 2 is 1.75 bits per heavy atom. The van der Waals surface area contributed by atoms with Crippen LogP contribution in [0.3, 0.4) is 0 Å². The predicted molar refractivity (Wildman–Crippen MR) is 110 cm³/mol. The van der Waals surface area contributed by atoms with Gasteiger partial charge in [0.05, 0.1) is 5.56 Å². The van der Waals surface area contributed by atoms with Crippen molar-refractivity contribution in [3.8, 4) is 5.75 Å². The van der Waals surface area contributed by atoms with Crippen LogP contribution in [-0.4, -0.2) is 56.2 Å². The summed E-state index contributed by atoms with van der Waals surface area (Å²) in [6.07, 6.45) is 7.40. The molecule has 1 aliphatic heterocycles. The number of rotatable bonds is 11. The first-order chi connectivity index (χ1) is 13.7. The van der Waals surface area contributed by atoms with E-state index in [4.69, 9.17) is 9.47 Å². The van der Waals surface area contributed by atoms with Gasteiger partial charge in [-0.15, -0.1) is 0 Å². The van der Waals surface area contributed by atoms with Gasteiger partial charge < -0.3 is 19.7 Å². The quantitative estimate of drug-likeness (QED) is 0.588.